The van der Waals surface area contributed by atoms with E-state index in [2.05, 4.69) is 17.5 Å². The molecule has 0 saturated carbocycles. The fraction of sp³-hybridized carbons (Fsp3) is 0. The van der Waals surface area contributed by atoms with Crippen LogP contribution in [0, 0.1) is 0 Å². The molecule has 0 aliphatic carbocycles. The molecular weight excluding hydrogens is 208 g/mol. The van der Waals surface area contributed by atoms with Crippen molar-refractivity contribution in [3.63, 3.8) is 0 Å². The number of nitrogens with one attached hydrogen (secondary N) is 1. The first-order valence-electron chi connectivity index (χ1n) is 3.46. The molecule has 0 fully saturated rings. The number of hydrogen-bond acceptors (Lipinski definition) is 2. The van der Waals surface area contributed by atoms with Gasteiger partial charge in [-0.3, -0.25) is 4.79 Å². The van der Waals surface area contributed by atoms with Gasteiger partial charge in [0.15, 0.2) is 4.99 Å². The second-order valence-electron chi connectivity index (χ2n) is 2.33. The molecule has 0 heterocycles. The molecule has 0 saturated heterocycles. The van der Waals surface area contributed by atoms with Crippen LogP contribution in [-0.2, 0) is 4.79 Å². The van der Waals surface area contributed by atoms with E-state index in [1.807, 2.05) is 0 Å². The Morgan fingerprint density at radius 3 is 2.77 bits per heavy atom. The van der Waals surface area contributed by atoms with Crippen molar-refractivity contribution in [3.8, 4) is 0 Å². The first-order valence-corrected chi connectivity index (χ1v) is 4.24. The van der Waals surface area contributed by atoms with Crippen LogP contribution in [0.3, 0.4) is 0 Å². The van der Waals surface area contributed by atoms with Crippen molar-refractivity contribution in [1.82, 2.24) is 0 Å². The number of rotatable bonds is 1. The van der Waals surface area contributed by atoms with Gasteiger partial charge in [0.25, 0.3) is 5.91 Å². The van der Waals surface area contributed by atoms with Gasteiger partial charge in [-0.1, -0.05) is 29.9 Å². The maximum absolute atomic E-state index is 11.0. The second kappa shape index (κ2) is 4.20. The highest BCUT2D eigenvalue weighted by atomic mass is 35.5. The number of carbonyl (C=O) groups excluding carboxylic acids is 1. The number of halogens is 1. The second-order valence-corrected chi connectivity index (χ2v) is 3.20. The number of hydrogen-bond donors (Lipinski definition) is 2. The number of thiocarbonyl (C=S) groups is 1. The summed E-state index contributed by atoms with van der Waals surface area (Å²) in [4.78, 5) is 10.8. The van der Waals surface area contributed by atoms with Crippen molar-refractivity contribution < 1.29 is 4.79 Å². The average molecular weight is 215 g/mol. The summed E-state index contributed by atoms with van der Waals surface area (Å²) in [5.41, 5.74) is 5.68. The van der Waals surface area contributed by atoms with E-state index in [1.54, 1.807) is 24.3 Å². The number of amides is 1. The monoisotopic (exact) mass is 214 g/mol. The summed E-state index contributed by atoms with van der Waals surface area (Å²) in [5.74, 6) is -0.489. The fourth-order valence-corrected chi connectivity index (χ4v) is 1.00. The number of nitrogens with two attached hydrogens (primary N) is 1. The first-order chi connectivity index (χ1) is 6.09. The third-order valence-electron chi connectivity index (χ3n) is 1.31. The summed E-state index contributed by atoms with van der Waals surface area (Å²) < 4.78 is 0. The van der Waals surface area contributed by atoms with Crippen LogP contribution in [0.2, 0.25) is 5.02 Å². The lowest BCUT2D eigenvalue weighted by atomic mass is 10.3. The van der Waals surface area contributed by atoms with Gasteiger partial charge in [-0.2, -0.15) is 0 Å². The zero-order valence-corrected chi connectivity index (χ0v) is 8.15. The van der Waals surface area contributed by atoms with E-state index in [-0.39, 0.29) is 4.99 Å². The van der Waals surface area contributed by atoms with Crippen LogP contribution in [0.1, 0.15) is 0 Å². The summed E-state index contributed by atoms with van der Waals surface area (Å²) in [5, 5.41) is 3.03. The minimum atomic E-state index is -0.489. The summed E-state index contributed by atoms with van der Waals surface area (Å²) in [6, 6.07) is 6.73. The van der Waals surface area contributed by atoms with E-state index in [4.69, 9.17) is 17.3 Å². The average Bonchev–Trinajstić information content (AvgIpc) is 2.04. The fourth-order valence-electron chi connectivity index (χ4n) is 0.759. The number of carbonyl (C=O) groups is 1. The first kappa shape index (κ1) is 9.95. The van der Waals surface area contributed by atoms with Gasteiger partial charge >= 0.3 is 0 Å². The zero-order chi connectivity index (χ0) is 9.84. The van der Waals surface area contributed by atoms with Gasteiger partial charge in [0.2, 0.25) is 0 Å². The molecule has 5 heteroatoms. The largest absolute Gasteiger partial charge is 0.385 e. The lowest BCUT2D eigenvalue weighted by Crippen LogP contribution is -2.27. The van der Waals surface area contributed by atoms with Crippen molar-refractivity contribution in [2.45, 2.75) is 0 Å². The lowest BCUT2D eigenvalue weighted by Gasteiger charge is -2.02. The normalized spacial score (nSPS) is 9.31. The van der Waals surface area contributed by atoms with Crippen molar-refractivity contribution in [3.05, 3.63) is 29.3 Å². The predicted molar refractivity (Wildman–Crippen MR) is 56.9 cm³/mol. The molecule has 68 valence electrons. The van der Waals surface area contributed by atoms with Crippen LogP contribution in [0.4, 0.5) is 5.69 Å². The molecule has 0 aromatic heterocycles. The highest BCUT2D eigenvalue weighted by Gasteiger charge is 2.04. The third-order valence-corrected chi connectivity index (χ3v) is 1.73. The summed E-state index contributed by atoms with van der Waals surface area (Å²) in [6.45, 7) is 0. The number of benzene rings is 1. The molecule has 3 nitrogen and oxygen atoms in total. The Morgan fingerprint density at radius 2 is 2.23 bits per heavy atom. The summed E-state index contributed by atoms with van der Waals surface area (Å²) >= 11 is 10.2. The van der Waals surface area contributed by atoms with E-state index in [0.29, 0.717) is 10.7 Å². The van der Waals surface area contributed by atoms with Gasteiger partial charge in [0.05, 0.1) is 0 Å². The molecular formula is C8H7ClN2OS. The Labute approximate surface area is 85.9 Å². The number of anilines is 1. The summed E-state index contributed by atoms with van der Waals surface area (Å²) in [7, 11) is 0. The minimum Gasteiger partial charge on any atom is -0.385 e. The molecule has 0 radical (unpaired) electrons. The van der Waals surface area contributed by atoms with Crippen LogP contribution >= 0.6 is 23.8 Å². The van der Waals surface area contributed by atoms with Crippen molar-refractivity contribution >= 4 is 40.4 Å². The standard InChI is InChI=1S/C8H7ClN2OS/c9-5-2-1-3-6(4-5)11-8(12)7(10)13/h1-4H,(H2,10,13)(H,11,12). The van der Waals surface area contributed by atoms with Gasteiger partial charge in [-0.15, -0.1) is 0 Å². The third kappa shape index (κ3) is 3.01. The summed E-state index contributed by atoms with van der Waals surface area (Å²) in [6.07, 6.45) is 0. The molecule has 0 atom stereocenters. The molecule has 1 rings (SSSR count). The Kier molecular flexibility index (Phi) is 3.22. The molecule has 0 aliphatic heterocycles. The maximum atomic E-state index is 11.0. The van der Waals surface area contributed by atoms with E-state index >= 15 is 0 Å². The van der Waals surface area contributed by atoms with Crippen molar-refractivity contribution in [2.24, 2.45) is 5.73 Å². The van der Waals surface area contributed by atoms with Crippen LogP contribution < -0.4 is 11.1 Å². The van der Waals surface area contributed by atoms with E-state index < -0.39 is 5.91 Å². The van der Waals surface area contributed by atoms with Gasteiger partial charge in [0.1, 0.15) is 0 Å². The van der Waals surface area contributed by atoms with Gasteiger partial charge < -0.3 is 11.1 Å². The molecule has 13 heavy (non-hydrogen) atoms. The maximum Gasteiger partial charge on any atom is 0.282 e. The Bertz CT molecular complexity index is 354. The molecule has 1 amide bonds. The van der Waals surface area contributed by atoms with Gasteiger partial charge in [-0.05, 0) is 18.2 Å². The van der Waals surface area contributed by atoms with E-state index in [1.165, 1.54) is 0 Å². The highest BCUT2D eigenvalue weighted by molar-refractivity contribution is 7.82. The molecule has 0 aliphatic rings. The SMILES string of the molecule is NC(=S)C(=O)Nc1cccc(Cl)c1. The molecule has 1 aromatic rings. The minimum absolute atomic E-state index is 0.194. The van der Waals surface area contributed by atoms with Gasteiger partial charge in [0, 0.05) is 10.7 Å². The Hall–Kier alpha value is -1.13. The van der Waals surface area contributed by atoms with Crippen LogP contribution in [-0.4, -0.2) is 10.9 Å². The zero-order valence-electron chi connectivity index (χ0n) is 6.58. The lowest BCUT2D eigenvalue weighted by molar-refractivity contribution is -0.110. The smallest absolute Gasteiger partial charge is 0.282 e. The molecule has 0 unspecified atom stereocenters. The molecule has 3 N–H and O–H groups in total. The van der Waals surface area contributed by atoms with Crippen molar-refractivity contribution in [2.75, 3.05) is 5.32 Å². The Morgan fingerprint density at radius 1 is 1.54 bits per heavy atom. The van der Waals surface area contributed by atoms with Gasteiger partial charge in [-0.25, -0.2) is 0 Å². The van der Waals surface area contributed by atoms with Crippen molar-refractivity contribution in [1.29, 1.82) is 0 Å². The molecule has 1 aromatic carbocycles. The van der Waals surface area contributed by atoms with E-state index in [0.717, 1.165) is 0 Å². The topological polar surface area (TPSA) is 55.1 Å². The quantitative estimate of drug-likeness (QED) is 0.698. The molecule has 0 bridgehead atoms. The highest BCUT2D eigenvalue weighted by Crippen LogP contribution is 2.14. The predicted octanol–water partition coefficient (Wildman–Crippen LogP) is 1.56. The van der Waals surface area contributed by atoms with Crippen LogP contribution in [0.5, 0.6) is 0 Å². The van der Waals surface area contributed by atoms with Crippen LogP contribution in [0.15, 0.2) is 24.3 Å². The Balaban J connectivity index is 2.75. The van der Waals surface area contributed by atoms with E-state index in [9.17, 15) is 4.79 Å². The molecule has 0 spiro atoms. The van der Waals surface area contributed by atoms with Crippen LogP contribution in [0.25, 0.3) is 0 Å².